The van der Waals surface area contributed by atoms with Crippen LogP contribution in [0, 0.1) is 17.0 Å². The highest BCUT2D eigenvalue weighted by atomic mass is 19.1. The summed E-state index contributed by atoms with van der Waals surface area (Å²) in [7, 11) is 1.43. The van der Waals surface area contributed by atoms with Crippen molar-refractivity contribution in [1.82, 2.24) is 25.2 Å². The molecule has 4 aromatic rings. The number of nitrogens with one attached hydrogen (secondary N) is 1. The van der Waals surface area contributed by atoms with Crippen molar-refractivity contribution >= 4 is 33.4 Å². The summed E-state index contributed by atoms with van der Waals surface area (Å²) in [6, 6.07) is 9.21. The lowest BCUT2D eigenvalue weighted by atomic mass is 9.74. The van der Waals surface area contributed by atoms with Crippen molar-refractivity contribution < 1.29 is 22.7 Å². The molecule has 4 fully saturated rings. The molecule has 45 heavy (non-hydrogen) atoms. The number of rotatable bonds is 4. The van der Waals surface area contributed by atoms with E-state index in [1.165, 1.54) is 26.0 Å². The molecule has 0 aliphatic carbocycles. The fourth-order valence-electron chi connectivity index (χ4n) is 7.59. The zero-order chi connectivity index (χ0) is 31.3. The molecule has 4 saturated heterocycles. The number of fused-ring (bicyclic) bond motifs is 3. The Morgan fingerprint density at radius 1 is 1.13 bits per heavy atom. The van der Waals surface area contributed by atoms with Gasteiger partial charge in [0.2, 0.25) is 5.91 Å². The predicted molar refractivity (Wildman–Crippen MR) is 167 cm³/mol. The zero-order valence-corrected chi connectivity index (χ0v) is 25.6. The summed E-state index contributed by atoms with van der Waals surface area (Å²) in [5.41, 5.74) is 0.742. The van der Waals surface area contributed by atoms with E-state index < -0.39 is 17.4 Å². The Labute approximate surface area is 260 Å². The Hall–Kier alpha value is -3.99. The molecule has 236 valence electrons. The number of hydrogen-bond acceptors (Lipinski definition) is 7. The van der Waals surface area contributed by atoms with Crippen LogP contribution < -0.4 is 15.0 Å². The van der Waals surface area contributed by atoms with Crippen LogP contribution in [-0.4, -0.2) is 77.8 Å². The van der Waals surface area contributed by atoms with E-state index >= 15 is 4.39 Å². The number of nitrogens with zero attached hydrogens (tertiary/aromatic N) is 5. The van der Waals surface area contributed by atoms with Crippen molar-refractivity contribution in [2.75, 3.05) is 44.7 Å². The zero-order valence-electron chi connectivity index (χ0n) is 25.6. The number of carbonyl (C=O) groups excluding carboxylic acids is 1. The van der Waals surface area contributed by atoms with Gasteiger partial charge in [0.05, 0.1) is 17.9 Å². The number of methoxy groups -OCH3 is 1. The minimum Gasteiger partial charge on any atom is -0.467 e. The molecule has 0 radical (unpaired) electrons. The van der Waals surface area contributed by atoms with Gasteiger partial charge in [0.15, 0.2) is 5.82 Å². The molecule has 4 aliphatic rings. The normalized spacial score (nSPS) is 24.4. The van der Waals surface area contributed by atoms with Crippen LogP contribution >= 0.6 is 0 Å². The Bertz CT molecular complexity index is 1770. The highest BCUT2D eigenvalue weighted by Crippen LogP contribution is 2.40. The van der Waals surface area contributed by atoms with Crippen LogP contribution in [0.3, 0.4) is 0 Å². The summed E-state index contributed by atoms with van der Waals surface area (Å²) in [6.45, 7) is 5.51. The SMILES string of the molecule is CCc1c(F)ccc2cccc(-c3ncc4c(N5CCCC6(CNC6=O)C5)nc(OC)nc4c3F)c12.FC1CC2CCCN2C1. The quantitative estimate of drug-likeness (QED) is 0.298. The molecule has 2 aromatic carbocycles. The monoisotopic (exact) mass is 618 g/mol. The van der Waals surface area contributed by atoms with E-state index in [1.807, 2.05) is 24.0 Å². The lowest BCUT2D eigenvalue weighted by Crippen LogP contribution is -2.65. The molecule has 8 rings (SSSR count). The highest BCUT2D eigenvalue weighted by Gasteiger charge is 2.49. The maximum absolute atomic E-state index is 16.2. The number of β-lactam (4-membered cyclic amide) rings is 1. The molecule has 3 atom stereocenters. The van der Waals surface area contributed by atoms with Crippen molar-refractivity contribution in [2.24, 2.45) is 5.41 Å². The van der Waals surface area contributed by atoms with Crippen LogP contribution in [0.2, 0.25) is 0 Å². The molecule has 0 bridgehead atoms. The van der Waals surface area contributed by atoms with Gasteiger partial charge >= 0.3 is 6.01 Å². The lowest BCUT2D eigenvalue weighted by molar-refractivity contribution is -0.140. The number of pyridine rings is 1. The van der Waals surface area contributed by atoms with Crippen LogP contribution in [0.5, 0.6) is 6.01 Å². The van der Waals surface area contributed by atoms with Crippen molar-refractivity contribution in [3.63, 3.8) is 0 Å². The number of hydrogen-bond donors (Lipinski definition) is 1. The molecule has 1 N–H and O–H groups in total. The van der Waals surface area contributed by atoms with E-state index in [1.54, 1.807) is 18.3 Å². The van der Waals surface area contributed by atoms with Crippen molar-refractivity contribution in [3.8, 4) is 17.3 Å². The number of alkyl halides is 1. The lowest BCUT2D eigenvalue weighted by Gasteiger charge is -2.47. The smallest absolute Gasteiger partial charge is 0.318 e. The summed E-state index contributed by atoms with van der Waals surface area (Å²) in [6.07, 6.45) is 6.46. The highest BCUT2D eigenvalue weighted by molar-refractivity contribution is 6.01. The summed E-state index contributed by atoms with van der Waals surface area (Å²) in [5, 5.41) is 4.73. The largest absolute Gasteiger partial charge is 0.467 e. The fourth-order valence-corrected chi connectivity index (χ4v) is 7.59. The van der Waals surface area contributed by atoms with Gasteiger partial charge in [0.1, 0.15) is 29.0 Å². The number of aryl methyl sites for hydroxylation is 1. The average Bonchev–Trinajstić information content (AvgIpc) is 3.65. The molecule has 6 heterocycles. The third-order valence-electron chi connectivity index (χ3n) is 9.94. The number of halogens is 3. The Balaban J connectivity index is 0.000000308. The van der Waals surface area contributed by atoms with E-state index in [0.717, 1.165) is 31.2 Å². The van der Waals surface area contributed by atoms with Gasteiger partial charge in [-0.3, -0.25) is 14.7 Å². The van der Waals surface area contributed by atoms with Crippen LogP contribution in [0.1, 0.15) is 44.6 Å². The van der Waals surface area contributed by atoms with Gasteiger partial charge in [0.25, 0.3) is 0 Å². The number of piperidine rings is 1. The van der Waals surface area contributed by atoms with Crippen LogP contribution in [-0.2, 0) is 11.2 Å². The molecular formula is C34H37F3N6O2. The number of anilines is 1. The minimum atomic E-state index is -0.624. The van der Waals surface area contributed by atoms with E-state index in [-0.39, 0.29) is 28.9 Å². The third-order valence-corrected chi connectivity index (χ3v) is 9.94. The first-order chi connectivity index (χ1) is 21.8. The predicted octanol–water partition coefficient (Wildman–Crippen LogP) is 5.60. The number of ether oxygens (including phenoxy) is 1. The second-order valence-corrected chi connectivity index (χ2v) is 12.6. The Kier molecular flexibility index (Phi) is 7.75. The Morgan fingerprint density at radius 2 is 2.00 bits per heavy atom. The van der Waals surface area contributed by atoms with Crippen molar-refractivity contribution in [1.29, 1.82) is 0 Å². The molecule has 4 aliphatic heterocycles. The van der Waals surface area contributed by atoms with Gasteiger partial charge in [-0.25, -0.2) is 13.2 Å². The van der Waals surface area contributed by atoms with E-state index in [0.29, 0.717) is 66.4 Å². The summed E-state index contributed by atoms with van der Waals surface area (Å²) in [4.78, 5) is 30.0. The van der Waals surface area contributed by atoms with Crippen LogP contribution in [0.15, 0.2) is 36.5 Å². The minimum absolute atomic E-state index is 0.0319. The second kappa shape index (κ2) is 11.7. The Morgan fingerprint density at radius 3 is 2.73 bits per heavy atom. The van der Waals surface area contributed by atoms with Gasteiger partial charge in [-0.2, -0.15) is 9.97 Å². The number of aromatic nitrogens is 3. The number of amides is 1. The van der Waals surface area contributed by atoms with Gasteiger partial charge in [-0.1, -0.05) is 31.2 Å². The molecular weight excluding hydrogens is 581 g/mol. The van der Waals surface area contributed by atoms with Crippen LogP contribution in [0.4, 0.5) is 19.0 Å². The molecule has 0 saturated carbocycles. The fraction of sp³-hybridized carbons (Fsp3) is 0.471. The van der Waals surface area contributed by atoms with E-state index in [2.05, 4.69) is 25.2 Å². The van der Waals surface area contributed by atoms with Crippen molar-refractivity contribution in [2.45, 2.75) is 57.7 Å². The van der Waals surface area contributed by atoms with Gasteiger partial charge in [-0.05, 0) is 67.5 Å². The maximum Gasteiger partial charge on any atom is 0.318 e. The number of carbonyl (C=O) groups is 1. The molecule has 3 unspecified atom stereocenters. The summed E-state index contributed by atoms with van der Waals surface area (Å²) >= 11 is 0. The van der Waals surface area contributed by atoms with Gasteiger partial charge in [-0.15, -0.1) is 0 Å². The first-order valence-corrected chi connectivity index (χ1v) is 15.8. The molecule has 1 amide bonds. The van der Waals surface area contributed by atoms with Gasteiger partial charge in [0, 0.05) is 44.0 Å². The van der Waals surface area contributed by atoms with E-state index in [4.69, 9.17) is 4.74 Å². The average molecular weight is 619 g/mol. The molecule has 1 spiro atoms. The number of benzene rings is 2. The first kappa shape index (κ1) is 29.7. The second-order valence-electron chi connectivity index (χ2n) is 12.6. The summed E-state index contributed by atoms with van der Waals surface area (Å²) in [5.74, 6) is -0.420. The third kappa shape index (κ3) is 5.14. The summed E-state index contributed by atoms with van der Waals surface area (Å²) < 4.78 is 48.8. The molecule has 8 nitrogen and oxygen atoms in total. The van der Waals surface area contributed by atoms with Crippen molar-refractivity contribution in [3.05, 3.63) is 53.7 Å². The van der Waals surface area contributed by atoms with E-state index in [9.17, 15) is 13.6 Å². The molecule has 11 heteroatoms. The maximum atomic E-state index is 16.2. The topological polar surface area (TPSA) is 83.5 Å². The first-order valence-electron chi connectivity index (χ1n) is 15.8. The molecule has 2 aromatic heterocycles. The standard InChI is InChI=1S/C27H25F2N5O2.C7H12FN/c1-3-16-19(28)9-8-15-6-4-7-17(20(15)16)22-21(29)23-18(12-30-22)24(33-26(32-23)36-2)34-11-5-10-27(14-34)13-31-25(27)35;8-6-4-7-2-1-3-9(7)5-6/h4,6-9,12H,3,5,10-11,13-14H2,1-2H3,(H,31,35);6-7H,1-5H2. The van der Waals surface area contributed by atoms with Gasteiger partial charge < -0.3 is 15.0 Å². The van der Waals surface area contributed by atoms with Crippen LogP contribution in [0.25, 0.3) is 32.9 Å².